The minimum Gasteiger partial charge on any atom is -0.392 e. The van der Waals surface area contributed by atoms with Gasteiger partial charge >= 0.3 is 0 Å². The molecule has 4 unspecified atom stereocenters. The zero-order valence-electron chi connectivity index (χ0n) is 14.4. The van der Waals surface area contributed by atoms with Crippen molar-refractivity contribution in [2.45, 2.75) is 58.8 Å². The van der Waals surface area contributed by atoms with Crippen LogP contribution < -0.4 is 0 Å². The largest absolute Gasteiger partial charge is 0.392 e. The monoisotopic (exact) mass is 312 g/mol. The highest BCUT2D eigenvalue weighted by molar-refractivity contribution is 5.92. The number of allylic oxidation sites excluding steroid dienone is 5. The first-order valence-electron chi connectivity index (χ1n) is 9.24. The molecule has 0 aromatic carbocycles. The van der Waals surface area contributed by atoms with Crippen molar-refractivity contribution in [3.8, 4) is 0 Å². The highest BCUT2D eigenvalue weighted by atomic mass is 16.2. The summed E-state index contributed by atoms with van der Waals surface area (Å²) in [6, 6.07) is 0. The summed E-state index contributed by atoms with van der Waals surface area (Å²) in [6.45, 7) is 4.97. The van der Waals surface area contributed by atoms with E-state index in [1.165, 1.54) is 24.0 Å². The smallest absolute Gasteiger partial charge is 0.155 e. The van der Waals surface area contributed by atoms with Crippen LogP contribution in [-0.2, 0) is 4.79 Å². The number of carbonyl (C=O) groups is 1. The van der Waals surface area contributed by atoms with Crippen LogP contribution in [0.5, 0.6) is 0 Å². The first-order chi connectivity index (χ1) is 11.0. The molecule has 0 heterocycles. The van der Waals surface area contributed by atoms with Gasteiger partial charge in [-0.2, -0.15) is 0 Å². The second kappa shape index (κ2) is 5.17. The van der Waals surface area contributed by atoms with Gasteiger partial charge in [-0.05, 0) is 61.9 Å². The van der Waals surface area contributed by atoms with Gasteiger partial charge in [0.1, 0.15) is 0 Å². The van der Waals surface area contributed by atoms with Crippen molar-refractivity contribution in [1.29, 1.82) is 0 Å². The van der Waals surface area contributed by atoms with Crippen LogP contribution in [-0.4, -0.2) is 17.5 Å². The number of aliphatic hydroxyl groups excluding tert-OH is 1. The maximum absolute atomic E-state index is 11.8. The molecule has 4 atom stereocenters. The summed E-state index contributed by atoms with van der Waals surface area (Å²) in [6.07, 6.45) is 14.1. The standard InChI is InChI=1S/C21H28O2/c1-20-11-8-19-17(18(20)6-4-14(20)9-12-22)5-3-15-13-16(23)7-10-21(15,19)2/h8-9,13,17-18,22H,3-7,10-12H2,1-2H3/b14-9+. The Morgan fingerprint density at radius 2 is 2.09 bits per heavy atom. The average molecular weight is 312 g/mol. The summed E-state index contributed by atoms with van der Waals surface area (Å²) in [5, 5.41) is 9.35. The summed E-state index contributed by atoms with van der Waals surface area (Å²) in [5.74, 6) is 1.72. The van der Waals surface area contributed by atoms with Crippen molar-refractivity contribution in [2.24, 2.45) is 22.7 Å². The molecular weight excluding hydrogens is 284 g/mol. The molecular formula is C21H28O2. The van der Waals surface area contributed by atoms with Gasteiger partial charge < -0.3 is 5.11 Å². The molecule has 2 saturated carbocycles. The average Bonchev–Trinajstić information content (AvgIpc) is 2.85. The molecule has 2 fully saturated rings. The van der Waals surface area contributed by atoms with E-state index in [1.807, 2.05) is 6.08 Å². The third kappa shape index (κ3) is 2.07. The fourth-order valence-electron chi connectivity index (χ4n) is 6.16. The van der Waals surface area contributed by atoms with E-state index in [1.54, 1.807) is 5.57 Å². The third-order valence-corrected chi connectivity index (χ3v) is 7.52. The van der Waals surface area contributed by atoms with Crippen molar-refractivity contribution < 1.29 is 9.90 Å². The third-order valence-electron chi connectivity index (χ3n) is 7.52. The molecule has 4 aliphatic carbocycles. The number of ketones is 1. The lowest BCUT2D eigenvalue weighted by Gasteiger charge is -2.52. The van der Waals surface area contributed by atoms with Crippen LogP contribution in [0.3, 0.4) is 0 Å². The number of aliphatic hydroxyl groups is 1. The van der Waals surface area contributed by atoms with Gasteiger partial charge in [-0.3, -0.25) is 4.79 Å². The number of hydrogen-bond acceptors (Lipinski definition) is 2. The van der Waals surface area contributed by atoms with Crippen LogP contribution in [0.15, 0.2) is 34.9 Å². The normalized spacial score (nSPS) is 44.3. The van der Waals surface area contributed by atoms with Crippen LogP contribution in [0.4, 0.5) is 0 Å². The Hall–Kier alpha value is -1.15. The Morgan fingerprint density at radius 1 is 1.26 bits per heavy atom. The molecule has 0 aromatic heterocycles. The van der Waals surface area contributed by atoms with Gasteiger partial charge in [-0.15, -0.1) is 0 Å². The van der Waals surface area contributed by atoms with E-state index in [0.29, 0.717) is 18.1 Å². The van der Waals surface area contributed by atoms with Gasteiger partial charge in [0, 0.05) is 11.8 Å². The fraction of sp³-hybridized carbons (Fsp3) is 0.667. The Morgan fingerprint density at radius 3 is 2.87 bits per heavy atom. The van der Waals surface area contributed by atoms with Crippen LogP contribution in [0.2, 0.25) is 0 Å². The molecule has 0 amide bonds. The lowest BCUT2D eigenvalue weighted by molar-refractivity contribution is -0.115. The van der Waals surface area contributed by atoms with E-state index in [0.717, 1.165) is 31.6 Å². The molecule has 0 saturated heterocycles. The van der Waals surface area contributed by atoms with Gasteiger partial charge in [0.15, 0.2) is 5.78 Å². The molecule has 2 heteroatoms. The second-order valence-corrected chi connectivity index (χ2v) is 8.45. The highest BCUT2D eigenvalue weighted by Gasteiger charge is 2.53. The number of hydrogen-bond donors (Lipinski definition) is 1. The summed E-state index contributed by atoms with van der Waals surface area (Å²) in [4.78, 5) is 11.8. The predicted molar refractivity (Wildman–Crippen MR) is 91.9 cm³/mol. The Balaban J connectivity index is 1.74. The highest BCUT2D eigenvalue weighted by Crippen LogP contribution is 2.64. The van der Waals surface area contributed by atoms with E-state index in [4.69, 9.17) is 0 Å². The number of carbonyl (C=O) groups excluding carboxylic acids is 1. The van der Waals surface area contributed by atoms with Crippen molar-refractivity contribution in [1.82, 2.24) is 0 Å². The van der Waals surface area contributed by atoms with Gasteiger partial charge in [0.25, 0.3) is 0 Å². The maximum atomic E-state index is 11.8. The molecule has 1 N–H and O–H groups in total. The lowest BCUT2D eigenvalue weighted by atomic mass is 9.52. The molecule has 0 spiro atoms. The van der Waals surface area contributed by atoms with Crippen LogP contribution in [0.25, 0.3) is 0 Å². The first kappa shape index (κ1) is 15.4. The SMILES string of the molecule is CC12CCC(=O)C=C1CCC1C2=CCC2(C)/C(=C/CO)CCC12. The Labute approximate surface area is 139 Å². The van der Waals surface area contributed by atoms with E-state index >= 15 is 0 Å². The lowest BCUT2D eigenvalue weighted by Crippen LogP contribution is -2.43. The number of fused-ring (bicyclic) bond motifs is 5. The van der Waals surface area contributed by atoms with E-state index in [2.05, 4.69) is 26.0 Å². The molecule has 0 aliphatic heterocycles. The molecule has 0 bridgehead atoms. The molecule has 4 rings (SSSR count). The quantitative estimate of drug-likeness (QED) is 0.731. The van der Waals surface area contributed by atoms with Gasteiger partial charge in [0.05, 0.1) is 6.61 Å². The van der Waals surface area contributed by atoms with Crippen LogP contribution in [0, 0.1) is 22.7 Å². The Bertz CT molecular complexity index is 638. The number of rotatable bonds is 1. The first-order valence-corrected chi connectivity index (χ1v) is 9.24. The maximum Gasteiger partial charge on any atom is 0.155 e. The minimum atomic E-state index is 0.140. The van der Waals surface area contributed by atoms with E-state index in [-0.39, 0.29) is 17.4 Å². The molecule has 0 aromatic rings. The van der Waals surface area contributed by atoms with Gasteiger partial charge in [0.2, 0.25) is 0 Å². The van der Waals surface area contributed by atoms with Gasteiger partial charge in [-0.1, -0.05) is 42.7 Å². The van der Waals surface area contributed by atoms with Gasteiger partial charge in [-0.25, -0.2) is 0 Å². The molecule has 2 nitrogen and oxygen atoms in total. The summed E-state index contributed by atoms with van der Waals surface area (Å²) in [7, 11) is 0. The summed E-state index contributed by atoms with van der Waals surface area (Å²) >= 11 is 0. The molecule has 124 valence electrons. The van der Waals surface area contributed by atoms with Crippen LogP contribution >= 0.6 is 0 Å². The van der Waals surface area contributed by atoms with E-state index < -0.39 is 0 Å². The van der Waals surface area contributed by atoms with Crippen LogP contribution in [0.1, 0.15) is 58.8 Å². The van der Waals surface area contributed by atoms with Crippen molar-refractivity contribution in [2.75, 3.05) is 6.61 Å². The summed E-state index contributed by atoms with van der Waals surface area (Å²) < 4.78 is 0. The second-order valence-electron chi connectivity index (χ2n) is 8.45. The summed E-state index contributed by atoms with van der Waals surface area (Å²) in [5.41, 5.74) is 4.89. The van der Waals surface area contributed by atoms with E-state index in [9.17, 15) is 9.90 Å². The Kier molecular flexibility index (Phi) is 3.46. The minimum absolute atomic E-state index is 0.140. The predicted octanol–water partition coefficient (Wildman–Crippen LogP) is 4.36. The van der Waals surface area contributed by atoms with Crippen molar-refractivity contribution in [3.05, 3.63) is 34.9 Å². The topological polar surface area (TPSA) is 37.3 Å². The van der Waals surface area contributed by atoms with Crippen molar-refractivity contribution >= 4 is 5.78 Å². The molecule has 0 radical (unpaired) electrons. The zero-order valence-corrected chi connectivity index (χ0v) is 14.4. The fourth-order valence-corrected chi connectivity index (χ4v) is 6.16. The zero-order chi connectivity index (χ0) is 16.2. The molecule has 4 aliphatic rings. The van der Waals surface area contributed by atoms with Crippen molar-refractivity contribution in [3.63, 3.8) is 0 Å². The molecule has 23 heavy (non-hydrogen) atoms.